The van der Waals surface area contributed by atoms with Crippen molar-refractivity contribution in [3.05, 3.63) is 101 Å². The van der Waals surface area contributed by atoms with E-state index in [2.05, 4.69) is 88.4 Å². The van der Waals surface area contributed by atoms with Crippen LogP contribution in [0, 0.1) is 13.8 Å². The summed E-state index contributed by atoms with van der Waals surface area (Å²) >= 11 is -0.953. The molecule has 1 heterocycles. The Bertz CT molecular complexity index is 982. The maximum Gasteiger partial charge on any atom is -1.00 e. The number of allylic oxidation sites excluding steroid dienone is 8. The Labute approximate surface area is 226 Å². The van der Waals surface area contributed by atoms with Crippen LogP contribution in [0.15, 0.2) is 78.5 Å². The first kappa shape index (κ1) is 28.3. The Balaban J connectivity index is 0.000000582. The van der Waals surface area contributed by atoms with Crippen LogP contribution in [0.5, 0.6) is 0 Å². The van der Waals surface area contributed by atoms with E-state index in [-0.39, 0.29) is 24.8 Å². The zero-order chi connectivity index (χ0) is 21.8. The molecule has 1 saturated heterocycles. The van der Waals surface area contributed by atoms with E-state index in [1.165, 1.54) is 46.2 Å². The van der Waals surface area contributed by atoms with E-state index >= 15 is 0 Å². The fraction of sp³-hybridized carbons (Fsp3) is 0.310. The van der Waals surface area contributed by atoms with E-state index in [0.29, 0.717) is 9.52 Å². The molecule has 0 unspecified atom stereocenters. The molecule has 172 valence electrons. The molecule has 2 aromatic carbocycles. The fourth-order valence-corrected chi connectivity index (χ4v) is 9.79. The van der Waals surface area contributed by atoms with Crippen molar-refractivity contribution in [2.24, 2.45) is 0 Å². The molecular formula is C29H34Cl2HfSi. The third kappa shape index (κ3) is 7.04. The van der Waals surface area contributed by atoms with Gasteiger partial charge in [-0.15, -0.1) is 0 Å². The Morgan fingerprint density at radius 2 is 0.939 bits per heavy atom. The molecule has 1 fully saturated rings. The van der Waals surface area contributed by atoms with Crippen molar-refractivity contribution >= 4 is 20.7 Å². The molecule has 4 heteroatoms. The van der Waals surface area contributed by atoms with Gasteiger partial charge in [-0.3, -0.25) is 0 Å². The second kappa shape index (κ2) is 13.2. The van der Waals surface area contributed by atoms with Gasteiger partial charge in [-0.05, 0) is 0 Å². The van der Waals surface area contributed by atoms with Gasteiger partial charge in [0.1, 0.15) is 0 Å². The fourth-order valence-electron chi connectivity index (χ4n) is 4.20. The van der Waals surface area contributed by atoms with Gasteiger partial charge in [-0.2, -0.15) is 0 Å². The SMILES string of the molecule is C1C[SiH2]C1.CC1=[C]([Hf+2][C]2=C(C)C(c3ccc(C)cc3)=CC2)CC=C1c1ccc(C)cc1.[Cl-].[Cl-]. The standard InChI is InChI=1S/2C13H13.C3H8Si.2ClH.Hf/c2*1-10-6-8-12(9-7-10)13-5-3-4-11(13)2;1-2-4-3-1;;;/h2*5-9H,3H2,1-2H3;1-4H2;2*1H;/q;;;;;+2/p-2. The Morgan fingerprint density at radius 1 is 0.606 bits per heavy atom. The van der Waals surface area contributed by atoms with Gasteiger partial charge in [0, 0.05) is 9.52 Å². The number of aryl methyl sites for hydroxylation is 2. The molecule has 1 aliphatic heterocycles. The smallest absolute Gasteiger partial charge is 1.00 e. The zero-order valence-corrected chi connectivity index (χ0v) is 26.8. The van der Waals surface area contributed by atoms with Crippen molar-refractivity contribution in [3.8, 4) is 0 Å². The minimum Gasteiger partial charge on any atom is -1.00 e. The van der Waals surface area contributed by atoms with Gasteiger partial charge < -0.3 is 24.8 Å². The number of hydrogen-bond acceptors (Lipinski definition) is 0. The van der Waals surface area contributed by atoms with Crippen molar-refractivity contribution in [1.29, 1.82) is 0 Å². The number of hydrogen-bond donors (Lipinski definition) is 0. The second-order valence-electron chi connectivity index (χ2n) is 9.12. The van der Waals surface area contributed by atoms with Crippen molar-refractivity contribution < 1.29 is 47.7 Å². The maximum absolute atomic E-state index is 2.46. The summed E-state index contributed by atoms with van der Waals surface area (Å²) in [4.78, 5) is 0. The first-order chi connectivity index (χ1) is 15.0. The van der Waals surface area contributed by atoms with E-state index in [0.717, 1.165) is 0 Å². The van der Waals surface area contributed by atoms with E-state index in [1.54, 1.807) is 36.3 Å². The van der Waals surface area contributed by atoms with E-state index < -0.39 is 22.9 Å². The summed E-state index contributed by atoms with van der Waals surface area (Å²) in [6.07, 6.45) is 8.83. The molecule has 0 atom stereocenters. The van der Waals surface area contributed by atoms with Crippen molar-refractivity contribution in [2.75, 3.05) is 0 Å². The summed E-state index contributed by atoms with van der Waals surface area (Å²) in [6, 6.07) is 21.3. The summed E-state index contributed by atoms with van der Waals surface area (Å²) in [5.74, 6) is 0. The monoisotopic (exact) mass is 660 g/mol. The largest absolute Gasteiger partial charge is 1.00 e. The summed E-state index contributed by atoms with van der Waals surface area (Å²) in [7, 11) is 0.605. The molecule has 2 aromatic rings. The van der Waals surface area contributed by atoms with Crippen LogP contribution >= 0.6 is 0 Å². The number of benzene rings is 2. The van der Waals surface area contributed by atoms with Gasteiger partial charge in [0.25, 0.3) is 0 Å². The molecule has 3 aliphatic rings. The first-order valence-electron chi connectivity index (χ1n) is 11.7. The molecule has 0 radical (unpaired) electrons. The van der Waals surface area contributed by atoms with Crippen LogP contribution in [0.4, 0.5) is 0 Å². The van der Waals surface area contributed by atoms with Crippen LogP contribution in [0.25, 0.3) is 11.1 Å². The van der Waals surface area contributed by atoms with E-state index in [1.807, 2.05) is 0 Å². The van der Waals surface area contributed by atoms with Crippen LogP contribution in [0.2, 0.25) is 12.1 Å². The molecule has 0 N–H and O–H groups in total. The van der Waals surface area contributed by atoms with Gasteiger partial charge in [-0.1, -0.05) is 18.5 Å². The Morgan fingerprint density at radius 3 is 1.24 bits per heavy atom. The van der Waals surface area contributed by atoms with Crippen LogP contribution < -0.4 is 24.8 Å². The predicted molar refractivity (Wildman–Crippen MR) is 136 cm³/mol. The third-order valence-electron chi connectivity index (χ3n) is 6.76. The summed E-state index contributed by atoms with van der Waals surface area (Å²) in [6.45, 7) is 9.01. The van der Waals surface area contributed by atoms with Gasteiger partial charge in [0.2, 0.25) is 0 Å². The van der Waals surface area contributed by atoms with Gasteiger partial charge >= 0.3 is 175 Å². The van der Waals surface area contributed by atoms with Crippen LogP contribution in [0.3, 0.4) is 0 Å². The van der Waals surface area contributed by atoms with Crippen molar-refractivity contribution in [3.63, 3.8) is 0 Å². The van der Waals surface area contributed by atoms with Gasteiger partial charge in [-0.25, -0.2) is 0 Å². The molecule has 33 heavy (non-hydrogen) atoms. The average Bonchev–Trinajstić information content (AvgIpc) is 3.26. The molecular weight excluding hydrogens is 626 g/mol. The van der Waals surface area contributed by atoms with Crippen LogP contribution in [0.1, 0.15) is 55.4 Å². The molecule has 0 bridgehead atoms. The maximum atomic E-state index is 2.46. The normalized spacial score (nSPS) is 16.5. The predicted octanol–water partition coefficient (Wildman–Crippen LogP) is 1.61. The van der Waals surface area contributed by atoms with E-state index in [9.17, 15) is 0 Å². The number of halogens is 2. The summed E-state index contributed by atoms with van der Waals surface area (Å²) in [5, 5.41) is 0. The number of rotatable bonds is 4. The molecule has 0 spiro atoms. The zero-order valence-electron chi connectivity index (χ0n) is 20.3. The van der Waals surface area contributed by atoms with Gasteiger partial charge in [0.15, 0.2) is 0 Å². The molecule has 0 saturated carbocycles. The molecule has 2 aliphatic carbocycles. The molecule has 0 nitrogen and oxygen atoms in total. The van der Waals surface area contributed by atoms with Crippen LogP contribution in [-0.4, -0.2) is 9.52 Å². The topological polar surface area (TPSA) is 0 Å². The molecule has 5 rings (SSSR count). The molecule has 0 aromatic heterocycles. The summed E-state index contributed by atoms with van der Waals surface area (Å²) < 4.78 is 3.55. The quantitative estimate of drug-likeness (QED) is 0.438. The van der Waals surface area contributed by atoms with Crippen molar-refractivity contribution in [2.45, 2.75) is 59.0 Å². The van der Waals surface area contributed by atoms with E-state index in [4.69, 9.17) is 0 Å². The Kier molecular flexibility index (Phi) is 11.4. The van der Waals surface area contributed by atoms with Crippen molar-refractivity contribution in [1.82, 2.24) is 0 Å². The summed E-state index contributed by atoms with van der Waals surface area (Å²) in [5.41, 5.74) is 11.5. The van der Waals surface area contributed by atoms with Gasteiger partial charge in [0.05, 0.1) is 0 Å². The average molecular weight is 660 g/mol. The third-order valence-corrected chi connectivity index (χ3v) is 15.1. The minimum absolute atomic E-state index is 0. The first-order valence-corrected chi connectivity index (χ1v) is 17.3. The Hall–Kier alpha value is -0.933. The molecule has 0 amide bonds. The van der Waals surface area contributed by atoms with Crippen LogP contribution in [-0.2, 0) is 22.9 Å². The second-order valence-corrected chi connectivity index (χ2v) is 16.5. The minimum atomic E-state index is -0.953.